The highest BCUT2D eigenvalue weighted by Crippen LogP contribution is 2.29. The molecule has 156 valence electrons. The van der Waals surface area contributed by atoms with Gasteiger partial charge >= 0.3 is 0 Å². The number of hydrogen-bond donors (Lipinski definition) is 2. The highest BCUT2D eigenvalue weighted by atomic mass is 35.5. The summed E-state index contributed by atoms with van der Waals surface area (Å²) in [5, 5.41) is 7.94. The number of para-hydroxylation sites is 1. The molecular weight excluding hydrogens is 436 g/mol. The second kappa shape index (κ2) is 9.11. The lowest BCUT2D eigenvalue weighted by molar-refractivity contribution is -0.115. The van der Waals surface area contributed by atoms with Crippen LogP contribution in [0.3, 0.4) is 0 Å². The van der Waals surface area contributed by atoms with Gasteiger partial charge in [-0.25, -0.2) is 4.68 Å². The molecule has 4 aromatic rings. The Balaban J connectivity index is 1.66. The molecule has 7 nitrogen and oxygen atoms in total. The Morgan fingerprint density at radius 1 is 1.10 bits per heavy atom. The Kier molecular flexibility index (Phi) is 6.11. The molecule has 0 aliphatic heterocycles. The van der Waals surface area contributed by atoms with Gasteiger partial charge in [-0.05, 0) is 48.5 Å². The van der Waals surface area contributed by atoms with Gasteiger partial charge in [-0.3, -0.25) is 9.59 Å². The molecule has 3 N–H and O–H groups in total. The van der Waals surface area contributed by atoms with Crippen molar-refractivity contribution < 1.29 is 14.0 Å². The van der Waals surface area contributed by atoms with E-state index in [1.807, 2.05) is 12.1 Å². The Morgan fingerprint density at radius 2 is 1.87 bits per heavy atom. The zero-order chi connectivity index (χ0) is 21.8. The van der Waals surface area contributed by atoms with Crippen molar-refractivity contribution in [2.75, 3.05) is 11.1 Å². The average Bonchev–Trinajstić information content (AvgIpc) is 3.43. The van der Waals surface area contributed by atoms with Crippen molar-refractivity contribution in [1.29, 1.82) is 0 Å². The summed E-state index contributed by atoms with van der Waals surface area (Å²) in [7, 11) is 0. The predicted molar refractivity (Wildman–Crippen MR) is 121 cm³/mol. The number of nitrogens with two attached hydrogens (primary N) is 1. The van der Waals surface area contributed by atoms with Crippen LogP contribution in [-0.4, -0.2) is 27.3 Å². The number of hydrogen-bond acceptors (Lipinski definition) is 5. The van der Waals surface area contributed by atoms with Crippen LogP contribution in [0.25, 0.3) is 17.1 Å². The van der Waals surface area contributed by atoms with Crippen molar-refractivity contribution in [2.24, 2.45) is 5.73 Å². The molecule has 9 heteroatoms. The maximum atomic E-state index is 13.0. The molecule has 0 aliphatic rings. The van der Waals surface area contributed by atoms with Gasteiger partial charge in [0.05, 0.1) is 23.4 Å². The van der Waals surface area contributed by atoms with E-state index in [1.54, 1.807) is 65.5 Å². The van der Waals surface area contributed by atoms with E-state index in [4.69, 9.17) is 21.8 Å². The monoisotopic (exact) mass is 452 g/mol. The summed E-state index contributed by atoms with van der Waals surface area (Å²) in [6.45, 7) is 0. The van der Waals surface area contributed by atoms with E-state index in [0.29, 0.717) is 22.2 Å². The minimum atomic E-state index is -0.434. The Hall–Kier alpha value is -3.49. The largest absolute Gasteiger partial charge is 0.463 e. The van der Waals surface area contributed by atoms with Crippen LogP contribution in [0.4, 0.5) is 5.69 Å². The molecule has 0 saturated heterocycles. The number of nitrogens with zero attached hydrogens (tertiary/aromatic N) is 2. The van der Waals surface area contributed by atoms with E-state index in [0.717, 1.165) is 10.6 Å². The van der Waals surface area contributed by atoms with Crippen LogP contribution >= 0.6 is 23.4 Å². The topological polar surface area (TPSA) is 103 Å². The quantitative estimate of drug-likeness (QED) is 0.398. The molecule has 0 spiro atoms. The number of nitrogens with one attached hydrogen (secondary N) is 1. The van der Waals surface area contributed by atoms with E-state index in [1.165, 1.54) is 11.8 Å². The van der Waals surface area contributed by atoms with Gasteiger partial charge in [-0.1, -0.05) is 23.7 Å². The van der Waals surface area contributed by atoms with Gasteiger partial charge in [0.2, 0.25) is 5.91 Å². The van der Waals surface area contributed by atoms with Crippen molar-refractivity contribution in [3.8, 4) is 17.1 Å². The molecule has 0 unspecified atom stereocenters. The van der Waals surface area contributed by atoms with Crippen LogP contribution in [0.1, 0.15) is 10.5 Å². The summed E-state index contributed by atoms with van der Waals surface area (Å²) < 4.78 is 7.15. The Morgan fingerprint density at radius 3 is 2.58 bits per heavy atom. The van der Waals surface area contributed by atoms with Gasteiger partial charge in [0.1, 0.15) is 5.69 Å². The molecule has 0 aliphatic carbocycles. The normalized spacial score (nSPS) is 10.7. The third-order valence-electron chi connectivity index (χ3n) is 4.29. The lowest BCUT2D eigenvalue weighted by Crippen LogP contribution is -2.15. The maximum absolute atomic E-state index is 13.0. The van der Waals surface area contributed by atoms with Gasteiger partial charge in [0.15, 0.2) is 11.5 Å². The van der Waals surface area contributed by atoms with E-state index >= 15 is 0 Å². The van der Waals surface area contributed by atoms with E-state index in [-0.39, 0.29) is 11.4 Å². The third kappa shape index (κ3) is 4.82. The van der Waals surface area contributed by atoms with Crippen LogP contribution in [0.5, 0.6) is 0 Å². The SMILES string of the molecule is NC(=O)CSc1ccccc1NC(=O)c1cc(-c2ccco2)n(-c2ccc(Cl)cc2)n1. The fourth-order valence-corrected chi connectivity index (χ4v) is 3.78. The summed E-state index contributed by atoms with van der Waals surface area (Å²) in [4.78, 5) is 24.8. The molecule has 0 saturated carbocycles. The first kappa shape index (κ1) is 20.8. The molecule has 4 rings (SSSR count). The second-order valence-electron chi connectivity index (χ2n) is 6.49. The standard InChI is InChI=1S/C22H17ClN4O3S/c23-14-7-9-15(10-8-14)27-18(19-5-3-11-30-19)12-17(26-27)22(29)25-16-4-1-2-6-20(16)31-13-21(24)28/h1-12H,13H2,(H2,24,28)(H,25,29). The highest BCUT2D eigenvalue weighted by Gasteiger charge is 2.19. The van der Waals surface area contributed by atoms with Crippen LogP contribution in [0, 0.1) is 0 Å². The fraction of sp³-hybridized carbons (Fsp3) is 0.0455. The van der Waals surface area contributed by atoms with Crippen molar-refractivity contribution >= 4 is 40.9 Å². The van der Waals surface area contributed by atoms with Crippen LogP contribution in [0.2, 0.25) is 5.02 Å². The summed E-state index contributed by atoms with van der Waals surface area (Å²) in [5.41, 5.74) is 7.36. The number of benzene rings is 2. The summed E-state index contributed by atoms with van der Waals surface area (Å²) in [5.74, 6) is -0.150. The minimum Gasteiger partial charge on any atom is -0.463 e. The van der Waals surface area contributed by atoms with Gasteiger partial charge in [-0.2, -0.15) is 5.10 Å². The smallest absolute Gasteiger partial charge is 0.276 e. The lowest BCUT2D eigenvalue weighted by Gasteiger charge is -2.09. The van der Waals surface area contributed by atoms with E-state index < -0.39 is 11.8 Å². The molecule has 2 heterocycles. The summed E-state index contributed by atoms with van der Waals surface area (Å²) in [6.07, 6.45) is 1.56. The number of rotatable bonds is 7. The molecule has 2 aromatic heterocycles. The van der Waals surface area contributed by atoms with Gasteiger partial charge in [0, 0.05) is 16.0 Å². The Bertz CT molecular complexity index is 1220. The number of carbonyl (C=O) groups excluding carboxylic acids is 2. The molecule has 0 radical (unpaired) electrons. The van der Waals surface area contributed by atoms with E-state index in [2.05, 4.69) is 10.4 Å². The molecule has 0 atom stereocenters. The first-order chi connectivity index (χ1) is 15.0. The van der Waals surface area contributed by atoms with Crippen LogP contribution in [-0.2, 0) is 4.79 Å². The second-order valence-corrected chi connectivity index (χ2v) is 7.94. The zero-order valence-corrected chi connectivity index (χ0v) is 17.7. The van der Waals surface area contributed by atoms with E-state index in [9.17, 15) is 9.59 Å². The van der Waals surface area contributed by atoms with Gasteiger partial charge in [0.25, 0.3) is 5.91 Å². The number of primary amides is 1. The average molecular weight is 453 g/mol. The number of halogens is 1. The van der Waals surface area contributed by atoms with Crippen molar-refractivity contribution in [2.45, 2.75) is 4.90 Å². The predicted octanol–water partition coefficient (Wildman–Crippen LogP) is 4.62. The lowest BCUT2D eigenvalue weighted by atomic mass is 10.2. The van der Waals surface area contributed by atoms with Crippen molar-refractivity contribution in [1.82, 2.24) is 9.78 Å². The maximum Gasteiger partial charge on any atom is 0.276 e. The number of carbonyl (C=O) groups is 2. The minimum absolute atomic E-state index is 0.112. The molecule has 0 bridgehead atoms. The highest BCUT2D eigenvalue weighted by molar-refractivity contribution is 8.00. The molecule has 2 aromatic carbocycles. The number of thioether (sulfide) groups is 1. The third-order valence-corrected chi connectivity index (χ3v) is 5.64. The molecule has 2 amide bonds. The number of furan rings is 1. The molecule has 31 heavy (non-hydrogen) atoms. The first-order valence-corrected chi connectivity index (χ1v) is 10.6. The first-order valence-electron chi connectivity index (χ1n) is 9.22. The van der Waals surface area contributed by atoms with Crippen LogP contribution < -0.4 is 11.1 Å². The molecule has 0 fully saturated rings. The summed E-state index contributed by atoms with van der Waals surface area (Å²) in [6, 6.07) is 19.5. The Labute approximate surface area is 187 Å². The summed E-state index contributed by atoms with van der Waals surface area (Å²) >= 11 is 7.26. The number of anilines is 1. The fourth-order valence-electron chi connectivity index (χ4n) is 2.90. The number of amides is 2. The van der Waals surface area contributed by atoms with Crippen LogP contribution in [0.15, 0.2) is 82.3 Å². The molecular formula is C22H17ClN4O3S. The van der Waals surface area contributed by atoms with Crippen molar-refractivity contribution in [3.05, 3.63) is 83.7 Å². The number of aromatic nitrogens is 2. The van der Waals surface area contributed by atoms with Gasteiger partial charge in [-0.15, -0.1) is 11.8 Å². The van der Waals surface area contributed by atoms with Gasteiger partial charge < -0.3 is 15.5 Å². The zero-order valence-electron chi connectivity index (χ0n) is 16.1. The van der Waals surface area contributed by atoms with Crippen molar-refractivity contribution in [3.63, 3.8) is 0 Å².